The molecule has 0 spiro atoms. The number of carbonyl (C=O) groups is 1. The topological polar surface area (TPSA) is 109 Å². The predicted octanol–water partition coefficient (Wildman–Crippen LogP) is 1.97. The molecule has 1 aliphatic heterocycles. The minimum Gasteiger partial charge on any atom is -0.369 e. The summed E-state index contributed by atoms with van der Waals surface area (Å²) in [5.74, 6) is -0.385. The first-order valence-corrected chi connectivity index (χ1v) is 10.4. The molecule has 2 aromatic heterocycles. The number of likely N-dealkylation sites (N-methyl/N-ethyl adjacent to an activating group) is 1. The van der Waals surface area contributed by atoms with Crippen molar-refractivity contribution in [3.63, 3.8) is 0 Å². The summed E-state index contributed by atoms with van der Waals surface area (Å²) in [5, 5.41) is 3.47. The van der Waals surface area contributed by atoms with E-state index in [1.165, 1.54) is 18.1 Å². The number of hydrogen-bond donors (Lipinski definition) is 2. The summed E-state index contributed by atoms with van der Waals surface area (Å²) in [6.07, 6.45) is 2.91. The zero-order valence-corrected chi connectivity index (χ0v) is 18.0. The van der Waals surface area contributed by atoms with E-state index >= 15 is 0 Å². The number of nitrogens with zero attached hydrogens (tertiary/aromatic N) is 5. The monoisotopic (exact) mass is 421 g/mol. The zero-order valence-electron chi connectivity index (χ0n) is 18.0. The Labute approximate surface area is 180 Å². The van der Waals surface area contributed by atoms with E-state index in [0.717, 1.165) is 31.9 Å². The van der Waals surface area contributed by atoms with Gasteiger partial charge >= 0.3 is 0 Å². The predicted molar refractivity (Wildman–Crippen MR) is 122 cm³/mol. The number of piperazine rings is 1. The van der Waals surface area contributed by atoms with Crippen LogP contribution in [-0.2, 0) is 0 Å². The number of benzene rings is 1. The Morgan fingerprint density at radius 3 is 2.42 bits per heavy atom. The van der Waals surface area contributed by atoms with Gasteiger partial charge in [-0.25, -0.2) is 4.98 Å². The maximum Gasteiger partial charge on any atom is 0.254 e. The Kier molecular flexibility index (Phi) is 5.60. The molecule has 3 aromatic rings. The number of primary amides is 1. The molecular weight excluding hydrogens is 394 g/mol. The van der Waals surface area contributed by atoms with Gasteiger partial charge in [0.15, 0.2) is 0 Å². The van der Waals surface area contributed by atoms with Crippen molar-refractivity contribution < 1.29 is 4.79 Å². The SMILES string of the molecule is CC(C)n1cc(C(N)=O)c(=O)c2cnc(Nc3ccc(N4CCN(C)CC4)cc3)nc21. The lowest BCUT2D eigenvalue weighted by Crippen LogP contribution is -2.44. The van der Waals surface area contributed by atoms with Crippen molar-refractivity contribution >= 4 is 34.3 Å². The van der Waals surface area contributed by atoms with Crippen LogP contribution >= 0.6 is 0 Å². The van der Waals surface area contributed by atoms with E-state index in [2.05, 4.69) is 44.3 Å². The van der Waals surface area contributed by atoms with Gasteiger partial charge in [0, 0.05) is 56.0 Å². The highest BCUT2D eigenvalue weighted by molar-refractivity contribution is 5.95. The van der Waals surface area contributed by atoms with Crippen LogP contribution < -0.4 is 21.4 Å². The fourth-order valence-electron chi connectivity index (χ4n) is 3.71. The van der Waals surface area contributed by atoms with Crippen molar-refractivity contribution in [1.82, 2.24) is 19.4 Å². The Hall–Kier alpha value is -3.46. The summed E-state index contributed by atoms with van der Waals surface area (Å²) in [7, 11) is 2.14. The number of nitrogens with two attached hydrogens (primary N) is 1. The molecule has 3 heterocycles. The minimum absolute atomic E-state index is 0.0215. The van der Waals surface area contributed by atoms with E-state index in [1.54, 1.807) is 4.57 Å². The van der Waals surface area contributed by atoms with Crippen LogP contribution in [0.3, 0.4) is 0 Å². The third-order valence-electron chi connectivity index (χ3n) is 5.58. The highest BCUT2D eigenvalue weighted by atomic mass is 16.2. The van der Waals surface area contributed by atoms with Crippen LogP contribution in [0.1, 0.15) is 30.2 Å². The molecule has 1 aliphatic rings. The van der Waals surface area contributed by atoms with Gasteiger partial charge in [-0.1, -0.05) is 0 Å². The lowest BCUT2D eigenvalue weighted by atomic mass is 10.2. The summed E-state index contributed by atoms with van der Waals surface area (Å²) in [6, 6.07) is 8.13. The second kappa shape index (κ2) is 8.35. The molecule has 0 aliphatic carbocycles. The molecule has 1 aromatic carbocycles. The number of fused-ring (bicyclic) bond motifs is 1. The third kappa shape index (κ3) is 4.22. The van der Waals surface area contributed by atoms with E-state index < -0.39 is 11.3 Å². The van der Waals surface area contributed by atoms with Gasteiger partial charge in [-0.2, -0.15) is 4.98 Å². The number of aromatic nitrogens is 3. The molecule has 9 nitrogen and oxygen atoms in total. The largest absolute Gasteiger partial charge is 0.369 e. The van der Waals surface area contributed by atoms with E-state index in [0.29, 0.717) is 11.6 Å². The van der Waals surface area contributed by atoms with Crippen LogP contribution in [0.4, 0.5) is 17.3 Å². The molecular formula is C22H27N7O2. The second-order valence-electron chi connectivity index (χ2n) is 8.13. The highest BCUT2D eigenvalue weighted by Crippen LogP contribution is 2.22. The van der Waals surface area contributed by atoms with Gasteiger partial charge in [-0.05, 0) is 45.2 Å². The van der Waals surface area contributed by atoms with Crippen LogP contribution in [0.5, 0.6) is 0 Å². The molecule has 3 N–H and O–H groups in total. The maximum absolute atomic E-state index is 12.6. The molecule has 1 saturated heterocycles. The van der Waals surface area contributed by atoms with Crippen molar-refractivity contribution in [3.8, 4) is 0 Å². The number of pyridine rings is 1. The van der Waals surface area contributed by atoms with Crippen LogP contribution in [0.25, 0.3) is 11.0 Å². The van der Waals surface area contributed by atoms with Gasteiger partial charge in [-0.3, -0.25) is 9.59 Å². The van der Waals surface area contributed by atoms with Crippen LogP contribution in [-0.4, -0.2) is 58.6 Å². The average molecular weight is 422 g/mol. The molecule has 0 unspecified atom stereocenters. The van der Waals surface area contributed by atoms with E-state index in [4.69, 9.17) is 5.73 Å². The van der Waals surface area contributed by atoms with E-state index in [9.17, 15) is 9.59 Å². The number of amides is 1. The Morgan fingerprint density at radius 1 is 1.13 bits per heavy atom. The number of carbonyl (C=O) groups excluding carboxylic acids is 1. The molecule has 9 heteroatoms. The Morgan fingerprint density at radius 2 is 1.81 bits per heavy atom. The summed E-state index contributed by atoms with van der Waals surface area (Å²) in [5.41, 5.74) is 7.34. The lowest BCUT2D eigenvalue weighted by molar-refractivity contribution is 0.0998. The van der Waals surface area contributed by atoms with Gasteiger partial charge in [0.05, 0.1) is 5.39 Å². The standard InChI is InChI=1S/C22H27N7O2/c1-14(2)29-13-18(20(23)31)19(30)17-12-24-22(26-21(17)29)25-15-4-6-16(7-5-15)28-10-8-27(3)9-11-28/h4-7,12-14H,8-11H2,1-3H3,(H2,23,31)(H,24,25,26). The van der Waals surface area contributed by atoms with Crippen molar-refractivity contribution in [3.05, 3.63) is 52.4 Å². The molecule has 162 valence electrons. The molecule has 1 amide bonds. The fourth-order valence-corrected chi connectivity index (χ4v) is 3.71. The van der Waals surface area contributed by atoms with E-state index in [1.807, 2.05) is 26.0 Å². The molecule has 4 rings (SSSR count). The minimum atomic E-state index is -0.760. The third-order valence-corrected chi connectivity index (χ3v) is 5.58. The van der Waals surface area contributed by atoms with Gasteiger partial charge in [-0.15, -0.1) is 0 Å². The first kappa shape index (κ1) is 20.8. The van der Waals surface area contributed by atoms with Crippen LogP contribution in [0.2, 0.25) is 0 Å². The maximum atomic E-state index is 12.6. The van der Waals surface area contributed by atoms with Gasteiger partial charge in [0.2, 0.25) is 11.4 Å². The molecule has 31 heavy (non-hydrogen) atoms. The van der Waals surface area contributed by atoms with Gasteiger partial charge in [0.25, 0.3) is 5.91 Å². The van der Waals surface area contributed by atoms with Crippen molar-refractivity contribution in [2.24, 2.45) is 5.73 Å². The van der Waals surface area contributed by atoms with Crippen LogP contribution in [0, 0.1) is 0 Å². The lowest BCUT2D eigenvalue weighted by Gasteiger charge is -2.34. The van der Waals surface area contributed by atoms with Crippen molar-refractivity contribution in [2.75, 3.05) is 43.4 Å². The molecule has 0 saturated carbocycles. The normalized spacial score (nSPS) is 14.9. The second-order valence-corrected chi connectivity index (χ2v) is 8.13. The molecule has 0 atom stereocenters. The summed E-state index contributed by atoms with van der Waals surface area (Å²) >= 11 is 0. The smallest absolute Gasteiger partial charge is 0.254 e. The summed E-state index contributed by atoms with van der Waals surface area (Å²) in [4.78, 5) is 37.8. The Balaban J connectivity index is 1.62. The van der Waals surface area contributed by atoms with E-state index in [-0.39, 0.29) is 17.0 Å². The Bertz CT molecular complexity index is 1160. The molecule has 0 radical (unpaired) electrons. The summed E-state index contributed by atoms with van der Waals surface area (Å²) < 4.78 is 1.76. The molecule has 1 fully saturated rings. The number of rotatable bonds is 5. The summed E-state index contributed by atoms with van der Waals surface area (Å²) in [6.45, 7) is 8.02. The van der Waals surface area contributed by atoms with Gasteiger partial charge < -0.3 is 25.4 Å². The first-order chi connectivity index (χ1) is 14.8. The van der Waals surface area contributed by atoms with Crippen LogP contribution in [0.15, 0.2) is 41.5 Å². The van der Waals surface area contributed by atoms with Crippen molar-refractivity contribution in [2.45, 2.75) is 19.9 Å². The molecule has 0 bridgehead atoms. The van der Waals surface area contributed by atoms with Gasteiger partial charge in [0.1, 0.15) is 11.2 Å². The number of hydrogen-bond acceptors (Lipinski definition) is 7. The fraction of sp³-hybridized carbons (Fsp3) is 0.364. The first-order valence-electron chi connectivity index (χ1n) is 10.4. The average Bonchev–Trinajstić information content (AvgIpc) is 2.74. The number of nitrogens with one attached hydrogen (secondary N) is 1. The highest BCUT2D eigenvalue weighted by Gasteiger charge is 2.17. The zero-order chi connectivity index (χ0) is 22.1. The number of anilines is 3. The quantitative estimate of drug-likeness (QED) is 0.648. The van der Waals surface area contributed by atoms with Crippen molar-refractivity contribution in [1.29, 1.82) is 0 Å².